The molecule has 1 N–H and O–H groups in total. The molecule has 2 atom stereocenters. The van der Waals surface area contributed by atoms with E-state index < -0.39 is 0 Å². The number of rotatable bonds is 3. The Morgan fingerprint density at radius 3 is 2.55 bits per heavy atom. The lowest BCUT2D eigenvalue weighted by Gasteiger charge is -2.16. The van der Waals surface area contributed by atoms with Gasteiger partial charge in [0.2, 0.25) is 0 Å². The lowest BCUT2D eigenvalue weighted by molar-refractivity contribution is 0.419. The summed E-state index contributed by atoms with van der Waals surface area (Å²) in [6.07, 6.45) is 7.28. The molecule has 2 aliphatic rings. The third kappa shape index (κ3) is 1.96. The third-order valence-electron chi connectivity index (χ3n) is 3.23. The minimum absolute atomic E-state index is 0.857. The minimum Gasteiger partial charge on any atom is -0.313 e. The highest BCUT2D eigenvalue weighted by Gasteiger charge is 2.26. The van der Waals surface area contributed by atoms with Gasteiger partial charge in [0, 0.05) is 6.04 Å². The topological polar surface area (TPSA) is 12.0 Å². The van der Waals surface area contributed by atoms with E-state index in [-0.39, 0.29) is 0 Å². The molecule has 1 heteroatoms. The van der Waals surface area contributed by atoms with Crippen LogP contribution in [-0.2, 0) is 0 Å². The standard InChI is InChI=1S/C10H19N/c1-8-3-2-4-10(8)11-7-9-5-6-9/h8-11H,2-7H2,1H3/t8-,10+/m1/s1. The first-order chi connectivity index (χ1) is 5.36. The van der Waals surface area contributed by atoms with Crippen molar-refractivity contribution < 1.29 is 0 Å². The Labute approximate surface area is 69.6 Å². The second-order valence-electron chi connectivity index (χ2n) is 4.37. The molecule has 0 saturated heterocycles. The molecule has 0 amide bonds. The zero-order valence-corrected chi connectivity index (χ0v) is 7.47. The fourth-order valence-corrected chi connectivity index (χ4v) is 2.09. The van der Waals surface area contributed by atoms with Gasteiger partial charge in [-0.05, 0) is 44.1 Å². The highest BCUT2D eigenvalue weighted by Crippen LogP contribution is 2.30. The van der Waals surface area contributed by atoms with Crippen LogP contribution in [0.5, 0.6) is 0 Å². The fourth-order valence-electron chi connectivity index (χ4n) is 2.09. The van der Waals surface area contributed by atoms with Gasteiger partial charge in [-0.15, -0.1) is 0 Å². The quantitative estimate of drug-likeness (QED) is 0.655. The summed E-state index contributed by atoms with van der Waals surface area (Å²) in [6, 6.07) is 0.857. The van der Waals surface area contributed by atoms with Crippen LogP contribution >= 0.6 is 0 Å². The summed E-state index contributed by atoms with van der Waals surface area (Å²) in [7, 11) is 0. The van der Waals surface area contributed by atoms with Crippen LogP contribution in [0.4, 0.5) is 0 Å². The number of nitrogens with one attached hydrogen (secondary N) is 1. The average Bonchev–Trinajstić information content (AvgIpc) is 2.73. The maximum absolute atomic E-state index is 3.69. The van der Waals surface area contributed by atoms with Crippen LogP contribution in [0.3, 0.4) is 0 Å². The first kappa shape index (κ1) is 7.60. The SMILES string of the molecule is C[C@@H]1CCC[C@@H]1NCC1CC1. The molecular weight excluding hydrogens is 134 g/mol. The Hall–Kier alpha value is -0.0400. The van der Waals surface area contributed by atoms with E-state index in [2.05, 4.69) is 12.2 Å². The van der Waals surface area contributed by atoms with Crippen LogP contribution in [0.15, 0.2) is 0 Å². The molecule has 64 valence electrons. The van der Waals surface area contributed by atoms with Crippen molar-refractivity contribution in [3.8, 4) is 0 Å². The van der Waals surface area contributed by atoms with Gasteiger partial charge in [-0.3, -0.25) is 0 Å². The van der Waals surface area contributed by atoms with E-state index in [1.165, 1.54) is 38.6 Å². The van der Waals surface area contributed by atoms with Gasteiger partial charge in [0.1, 0.15) is 0 Å². The van der Waals surface area contributed by atoms with E-state index in [9.17, 15) is 0 Å². The van der Waals surface area contributed by atoms with Crippen molar-refractivity contribution in [1.82, 2.24) is 5.32 Å². The summed E-state index contributed by atoms with van der Waals surface area (Å²) in [5.74, 6) is 1.98. The molecule has 0 spiro atoms. The fraction of sp³-hybridized carbons (Fsp3) is 1.00. The zero-order chi connectivity index (χ0) is 7.68. The molecule has 0 unspecified atom stereocenters. The summed E-state index contributed by atoms with van der Waals surface area (Å²) in [5.41, 5.74) is 0. The van der Waals surface area contributed by atoms with Crippen LogP contribution in [-0.4, -0.2) is 12.6 Å². The molecule has 11 heavy (non-hydrogen) atoms. The van der Waals surface area contributed by atoms with E-state index in [1.54, 1.807) is 0 Å². The molecule has 0 aromatic carbocycles. The molecule has 2 aliphatic carbocycles. The van der Waals surface area contributed by atoms with Crippen LogP contribution in [0.25, 0.3) is 0 Å². The van der Waals surface area contributed by atoms with Gasteiger partial charge in [0.15, 0.2) is 0 Å². The minimum atomic E-state index is 0.857. The second-order valence-corrected chi connectivity index (χ2v) is 4.37. The van der Waals surface area contributed by atoms with Crippen molar-refractivity contribution in [2.45, 2.75) is 45.1 Å². The van der Waals surface area contributed by atoms with Crippen molar-refractivity contribution in [3.63, 3.8) is 0 Å². The molecule has 1 nitrogen and oxygen atoms in total. The molecular formula is C10H19N. The molecule has 0 aromatic heterocycles. The summed E-state index contributed by atoms with van der Waals surface area (Å²) in [6.45, 7) is 3.69. The van der Waals surface area contributed by atoms with Crippen molar-refractivity contribution in [1.29, 1.82) is 0 Å². The third-order valence-corrected chi connectivity index (χ3v) is 3.23. The highest BCUT2D eigenvalue weighted by atomic mass is 14.9. The molecule has 0 bridgehead atoms. The Balaban J connectivity index is 1.67. The number of hydrogen-bond acceptors (Lipinski definition) is 1. The molecule has 2 saturated carbocycles. The average molecular weight is 153 g/mol. The largest absolute Gasteiger partial charge is 0.313 e. The van der Waals surface area contributed by atoms with Crippen LogP contribution in [0.1, 0.15) is 39.0 Å². The predicted octanol–water partition coefficient (Wildman–Crippen LogP) is 2.17. The summed E-state index contributed by atoms with van der Waals surface area (Å²) in [4.78, 5) is 0. The maximum atomic E-state index is 3.69. The Kier molecular flexibility index (Phi) is 2.17. The van der Waals surface area contributed by atoms with E-state index in [1.807, 2.05) is 0 Å². The smallest absolute Gasteiger partial charge is 0.00928 e. The maximum Gasteiger partial charge on any atom is 0.00928 e. The van der Waals surface area contributed by atoms with E-state index in [0.29, 0.717) is 0 Å². The van der Waals surface area contributed by atoms with Crippen molar-refractivity contribution in [2.75, 3.05) is 6.54 Å². The van der Waals surface area contributed by atoms with E-state index in [0.717, 1.165) is 17.9 Å². The van der Waals surface area contributed by atoms with Gasteiger partial charge >= 0.3 is 0 Å². The summed E-state index contributed by atoms with van der Waals surface area (Å²) in [5, 5.41) is 3.69. The van der Waals surface area contributed by atoms with Crippen LogP contribution < -0.4 is 5.32 Å². The number of hydrogen-bond donors (Lipinski definition) is 1. The Bertz CT molecular complexity index is 129. The van der Waals surface area contributed by atoms with Gasteiger partial charge < -0.3 is 5.32 Å². The van der Waals surface area contributed by atoms with Gasteiger partial charge in [0.05, 0.1) is 0 Å². The normalized spacial score (nSPS) is 37.9. The predicted molar refractivity (Wildman–Crippen MR) is 47.5 cm³/mol. The molecule has 0 aliphatic heterocycles. The summed E-state index contributed by atoms with van der Waals surface area (Å²) >= 11 is 0. The van der Waals surface area contributed by atoms with Crippen LogP contribution in [0, 0.1) is 11.8 Å². The zero-order valence-electron chi connectivity index (χ0n) is 7.47. The van der Waals surface area contributed by atoms with Crippen molar-refractivity contribution >= 4 is 0 Å². The molecule has 0 heterocycles. The van der Waals surface area contributed by atoms with Gasteiger partial charge in [-0.25, -0.2) is 0 Å². The van der Waals surface area contributed by atoms with E-state index >= 15 is 0 Å². The monoisotopic (exact) mass is 153 g/mol. The lowest BCUT2D eigenvalue weighted by Crippen LogP contribution is -2.32. The van der Waals surface area contributed by atoms with Gasteiger partial charge in [0.25, 0.3) is 0 Å². The molecule has 0 aromatic rings. The van der Waals surface area contributed by atoms with Crippen molar-refractivity contribution in [2.24, 2.45) is 11.8 Å². The van der Waals surface area contributed by atoms with Crippen molar-refractivity contribution in [3.05, 3.63) is 0 Å². The van der Waals surface area contributed by atoms with E-state index in [4.69, 9.17) is 0 Å². The Morgan fingerprint density at radius 2 is 2.00 bits per heavy atom. The second kappa shape index (κ2) is 3.14. The van der Waals surface area contributed by atoms with Crippen LogP contribution in [0.2, 0.25) is 0 Å². The first-order valence-corrected chi connectivity index (χ1v) is 5.09. The molecule has 0 radical (unpaired) electrons. The van der Waals surface area contributed by atoms with Gasteiger partial charge in [-0.1, -0.05) is 13.3 Å². The molecule has 2 rings (SSSR count). The first-order valence-electron chi connectivity index (χ1n) is 5.09. The highest BCUT2D eigenvalue weighted by molar-refractivity contribution is 4.83. The lowest BCUT2D eigenvalue weighted by atomic mass is 10.1. The Morgan fingerprint density at radius 1 is 1.18 bits per heavy atom. The van der Waals surface area contributed by atoms with Gasteiger partial charge in [-0.2, -0.15) is 0 Å². The molecule has 2 fully saturated rings. The summed E-state index contributed by atoms with van der Waals surface area (Å²) < 4.78 is 0.